The summed E-state index contributed by atoms with van der Waals surface area (Å²) >= 11 is 0. The van der Waals surface area contributed by atoms with Crippen LogP contribution in [0.1, 0.15) is 0 Å². The van der Waals surface area contributed by atoms with Crippen molar-refractivity contribution in [2.24, 2.45) is 0 Å². The lowest BCUT2D eigenvalue weighted by atomic mass is 10.3. The normalized spacial score (nSPS) is 11.8. The predicted octanol–water partition coefficient (Wildman–Crippen LogP) is 0.142. The van der Waals surface area contributed by atoms with Gasteiger partial charge in [0.1, 0.15) is 11.5 Å². The molecule has 5 nitrogen and oxygen atoms in total. The number of nitrogens with one attached hydrogen (secondary N) is 1. The second-order valence-electron chi connectivity index (χ2n) is 3.38. The van der Waals surface area contributed by atoms with Crippen molar-refractivity contribution in [1.82, 2.24) is 5.32 Å². The van der Waals surface area contributed by atoms with Crippen LogP contribution >= 0.6 is 0 Å². The molecule has 94 valence electrons. The van der Waals surface area contributed by atoms with E-state index in [-0.39, 0.29) is 11.7 Å². The Morgan fingerprint density at radius 3 is 2.94 bits per heavy atom. The van der Waals surface area contributed by atoms with Gasteiger partial charge in [0.25, 0.3) is 0 Å². The van der Waals surface area contributed by atoms with Gasteiger partial charge in [0.05, 0.1) is 12.4 Å². The number of carbonyl (C=O) groups excluding carboxylic acids is 1. The topological polar surface area (TPSA) is 81.4 Å². The number of hydrogen-bond donors (Lipinski definition) is 2. The van der Waals surface area contributed by atoms with Gasteiger partial charge in [0.15, 0.2) is 0 Å². The molecule has 0 heterocycles. The van der Waals surface area contributed by atoms with Gasteiger partial charge in [-0.05, 0) is 12.1 Å². The molecule has 0 radical (unpaired) electrons. The van der Waals surface area contributed by atoms with Crippen LogP contribution in [0, 0.1) is 0 Å². The fourth-order valence-corrected chi connectivity index (χ4v) is 2.00. The second-order valence-corrected chi connectivity index (χ2v) is 4.96. The molecule has 1 atom stereocenters. The largest absolute Gasteiger partial charge is 0.493 e. The van der Waals surface area contributed by atoms with E-state index in [0.717, 1.165) is 0 Å². The Hall–Kier alpha value is -1.56. The first-order chi connectivity index (χ1) is 8.11. The number of benzene rings is 1. The van der Waals surface area contributed by atoms with Crippen molar-refractivity contribution in [1.29, 1.82) is 0 Å². The maximum Gasteiger partial charge on any atom is 0.232 e. The standard InChI is InChI=1S/C11H16N2O3S/c1-13-11(14)8-17(15)6-5-16-10-4-2-3-9(12)7-10/h2-4,7H,5-6,8,12H2,1H3,(H,13,14). The zero-order valence-corrected chi connectivity index (χ0v) is 10.5. The van der Waals surface area contributed by atoms with Crippen molar-refractivity contribution in [2.75, 3.05) is 30.9 Å². The number of ether oxygens (including phenoxy) is 1. The van der Waals surface area contributed by atoms with E-state index >= 15 is 0 Å². The highest BCUT2D eigenvalue weighted by Gasteiger charge is 2.06. The Balaban J connectivity index is 2.28. The molecule has 0 saturated carbocycles. The van der Waals surface area contributed by atoms with E-state index in [2.05, 4.69) is 5.32 Å². The molecule has 0 aliphatic rings. The highest BCUT2D eigenvalue weighted by atomic mass is 32.2. The first kappa shape index (κ1) is 13.5. The van der Waals surface area contributed by atoms with Crippen molar-refractivity contribution < 1.29 is 13.7 Å². The van der Waals surface area contributed by atoms with Crippen LogP contribution in [0.25, 0.3) is 0 Å². The maximum atomic E-state index is 11.4. The van der Waals surface area contributed by atoms with Crippen molar-refractivity contribution >= 4 is 22.4 Å². The molecule has 0 fully saturated rings. The number of amides is 1. The van der Waals surface area contributed by atoms with Crippen LogP contribution in [0.15, 0.2) is 24.3 Å². The molecule has 0 bridgehead atoms. The smallest absolute Gasteiger partial charge is 0.232 e. The Bertz CT molecular complexity index is 409. The van der Waals surface area contributed by atoms with Crippen LogP contribution in [-0.2, 0) is 15.6 Å². The summed E-state index contributed by atoms with van der Waals surface area (Å²) < 4.78 is 16.8. The zero-order chi connectivity index (χ0) is 12.7. The summed E-state index contributed by atoms with van der Waals surface area (Å²) in [5, 5.41) is 2.42. The van der Waals surface area contributed by atoms with Crippen LogP contribution in [0.2, 0.25) is 0 Å². The highest BCUT2D eigenvalue weighted by molar-refractivity contribution is 7.85. The molecule has 6 heteroatoms. The Morgan fingerprint density at radius 2 is 2.29 bits per heavy atom. The van der Waals surface area contributed by atoms with Gasteiger partial charge >= 0.3 is 0 Å². The highest BCUT2D eigenvalue weighted by Crippen LogP contribution is 2.14. The van der Waals surface area contributed by atoms with E-state index in [1.54, 1.807) is 24.3 Å². The minimum absolute atomic E-state index is 0.0107. The van der Waals surface area contributed by atoms with Crippen molar-refractivity contribution in [3.05, 3.63) is 24.3 Å². The maximum absolute atomic E-state index is 11.4. The average Bonchev–Trinajstić information content (AvgIpc) is 2.29. The SMILES string of the molecule is CNC(=O)CS(=O)CCOc1cccc(N)c1. The van der Waals surface area contributed by atoms with Gasteiger partial charge in [-0.15, -0.1) is 0 Å². The lowest BCUT2D eigenvalue weighted by Crippen LogP contribution is -2.26. The Labute approximate surface area is 103 Å². The van der Waals surface area contributed by atoms with E-state index in [0.29, 0.717) is 23.8 Å². The molecule has 0 aromatic heterocycles. The first-order valence-corrected chi connectivity index (χ1v) is 6.64. The number of hydrogen-bond acceptors (Lipinski definition) is 4. The zero-order valence-electron chi connectivity index (χ0n) is 9.64. The molecular formula is C11H16N2O3S. The van der Waals surface area contributed by atoms with Gasteiger partial charge in [-0.1, -0.05) is 6.07 Å². The van der Waals surface area contributed by atoms with Gasteiger partial charge < -0.3 is 15.8 Å². The second kappa shape index (κ2) is 6.90. The molecule has 0 aliphatic heterocycles. The molecule has 1 rings (SSSR count). The van der Waals surface area contributed by atoms with E-state index in [4.69, 9.17) is 10.5 Å². The molecule has 1 aromatic rings. The summed E-state index contributed by atoms with van der Waals surface area (Å²) in [4.78, 5) is 10.9. The number of nitrogen functional groups attached to an aromatic ring is 1. The van der Waals surface area contributed by atoms with Crippen LogP contribution in [0.3, 0.4) is 0 Å². The van der Waals surface area contributed by atoms with Gasteiger partial charge in [-0.2, -0.15) is 0 Å². The third-order valence-electron chi connectivity index (χ3n) is 2.01. The molecule has 1 unspecified atom stereocenters. The molecule has 17 heavy (non-hydrogen) atoms. The summed E-state index contributed by atoms with van der Waals surface area (Å²) in [7, 11) is 0.319. The molecule has 3 N–H and O–H groups in total. The fourth-order valence-electron chi connectivity index (χ4n) is 1.15. The van der Waals surface area contributed by atoms with Crippen molar-refractivity contribution in [2.45, 2.75) is 0 Å². The third kappa shape index (κ3) is 5.35. The minimum Gasteiger partial charge on any atom is -0.493 e. The summed E-state index contributed by atoms with van der Waals surface area (Å²) in [5.74, 6) is 0.744. The Kier molecular flexibility index (Phi) is 5.48. The first-order valence-electron chi connectivity index (χ1n) is 5.15. The van der Waals surface area contributed by atoms with E-state index in [9.17, 15) is 9.00 Å². The minimum atomic E-state index is -1.20. The number of anilines is 1. The monoisotopic (exact) mass is 256 g/mol. The van der Waals surface area contributed by atoms with E-state index in [1.807, 2.05) is 0 Å². The van der Waals surface area contributed by atoms with Crippen molar-refractivity contribution in [3.8, 4) is 5.75 Å². The molecule has 1 aromatic carbocycles. The van der Waals surface area contributed by atoms with Gasteiger partial charge in [0.2, 0.25) is 5.91 Å². The quantitative estimate of drug-likeness (QED) is 0.709. The van der Waals surface area contributed by atoms with Crippen LogP contribution in [0.4, 0.5) is 5.69 Å². The van der Waals surface area contributed by atoms with E-state index in [1.165, 1.54) is 7.05 Å². The van der Waals surface area contributed by atoms with Crippen LogP contribution < -0.4 is 15.8 Å². The van der Waals surface area contributed by atoms with E-state index < -0.39 is 10.8 Å². The average molecular weight is 256 g/mol. The summed E-state index contributed by atoms with van der Waals surface area (Å²) in [5.41, 5.74) is 6.20. The number of carbonyl (C=O) groups is 1. The number of nitrogens with two attached hydrogens (primary N) is 1. The van der Waals surface area contributed by atoms with Crippen LogP contribution in [-0.4, -0.2) is 35.3 Å². The Morgan fingerprint density at radius 1 is 1.53 bits per heavy atom. The molecule has 0 saturated heterocycles. The molecule has 0 aliphatic carbocycles. The molecule has 0 spiro atoms. The number of rotatable bonds is 6. The lowest BCUT2D eigenvalue weighted by molar-refractivity contribution is -0.118. The summed E-state index contributed by atoms with van der Waals surface area (Å²) in [6.45, 7) is 0.299. The van der Waals surface area contributed by atoms with Crippen LogP contribution in [0.5, 0.6) is 5.75 Å². The summed E-state index contributed by atoms with van der Waals surface area (Å²) in [6, 6.07) is 7.02. The predicted molar refractivity (Wildman–Crippen MR) is 68.3 cm³/mol. The third-order valence-corrected chi connectivity index (χ3v) is 3.21. The lowest BCUT2D eigenvalue weighted by Gasteiger charge is -2.06. The van der Waals surface area contributed by atoms with Gasteiger partial charge in [-0.25, -0.2) is 0 Å². The van der Waals surface area contributed by atoms with Gasteiger partial charge in [0, 0.05) is 29.6 Å². The molecule has 1 amide bonds. The van der Waals surface area contributed by atoms with Crippen molar-refractivity contribution in [3.63, 3.8) is 0 Å². The summed E-state index contributed by atoms with van der Waals surface area (Å²) in [6.07, 6.45) is 0. The fraction of sp³-hybridized carbons (Fsp3) is 0.364. The molecular weight excluding hydrogens is 240 g/mol. The van der Waals surface area contributed by atoms with Gasteiger partial charge in [-0.3, -0.25) is 9.00 Å².